The topological polar surface area (TPSA) is 135 Å². The fourth-order valence-corrected chi connectivity index (χ4v) is 5.58. The lowest BCUT2D eigenvalue weighted by Gasteiger charge is -2.35. The van der Waals surface area contributed by atoms with Gasteiger partial charge in [0.1, 0.15) is 17.5 Å². The quantitative estimate of drug-likeness (QED) is 0.205. The molecule has 4 rings (SSSR count). The summed E-state index contributed by atoms with van der Waals surface area (Å²) in [4.78, 5) is 14.9. The minimum atomic E-state index is 0.0515. The van der Waals surface area contributed by atoms with E-state index in [0.717, 1.165) is 70.5 Å². The number of nitrogens with one attached hydrogen (secondary N) is 3. The lowest BCUT2D eigenvalue weighted by atomic mass is 9.71. The third kappa shape index (κ3) is 7.88. The molecule has 1 saturated carbocycles. The van der Waals surface area contributed by atoms with Gasteiger partial charge in [-0.3, -0.25) is 0 Å². The van der Waals surface area contributed by atoms with Crippen LogP contribution in [0.3, 0.4) is 0 Å². The Bertz CT molecular complexity index is 1080. The van der Waals surface area contributed by atoms with Gasteiger partial charge in [0.2, 0.25) is 0 Å². The van der Waals surface area contributed by atoms with Crippen molar-refractivity contribution in [1.82, 2.24) is 15.0 Å². The Balaban J connectivity index is 1.71. The highest BCUT2D eigenvalue weighted by Crippen LogP contribution is 2.47. The summed E-state index contributed by atoms with van der Waals surface area (Å²) in [6.45, 7) is 7.76. The average molecular weight is 535 g/mol. The van der Waals surface area contributed by atoms with E-state index in [2.05, 4.69) is 54.9 Å². The second kappa shape index (κ2) is 13.7. The molecule has 3 aromatic heterocycles. The summed E-state index contributed by atoms with van der Waals surface area (Å²) in [6, 6.07) is 12.6. The third-order valence-corrected chi connectivity index (χ3v) is 7.18. The van der Waals surface area contributed by atoms with Crippen molar-refractivity contribution in [1.29, 1.82) is 0 Å². The van der Waals surface area contributed by atoms with Gasteiger partial charge < -0.3 is 31.3 Å². The first-order chi connectivity index (χ1) is 18.9. The van der Waals surface area contributed by atoms with Crippen LogP contribution in [0.25, 0.3) is 0 Å². The van der Waals surface area contributed by atoms with Gasteiger partial charge in [0, 0.05) is 54.5 Å². The molecule has 1 fully saturated rings. The SMILES string of the molecule is Cc1cc(NCCO)nc(C2CC(c3cc(C)cc(NCCO)n3)CC(c3cc(C)cc(NCCO)n3)C2)c1. The van der Waals surface area contributed by atoms with Crippen LogP contribution in [0.4, 0.5) is 17.5 Å². The van der Waals surface area contributed by atoms with Crippen molar-refractivity contribution in [2.75, 3.05) is 55.4 Å². The molecule has 1 aliphatic rings. The van der Waals surface area contributed by atoms with Crippen LogP contribution < -0.4 is 16.0 Å². The molecule has 1 aliphatic carbocycles. The van der Waals surface area contributed by atoms with Gasteiger partial charge in [0.15, 0.2) is 0 Å². The summed E-state index contributed by atoms with van der Waals surface area (Å²) in [5.74, 6) is 2.96. The van der Waals surface area contributed by atoms with Gasteiger partial charge in [-0.05, 0) is 93.1 Å². The lowest BCUT2D eigenvalue weighted by molar-refractivity contribution is 0.310. The first-order valence-electron chi connectivity index (χ1n) is 13.9. The van der Waals surface area contributed by atoms with Gasteiger partial charge in [-0.2, -0.15) is 0 Å². The summed E-state index contributed by atoms with van der Waals surface area (Å²) >= 11 is 0. The average Bonchev–Trinajstić information content (AvgIpc) is 2.92. The molecule has 0 aromatic carbocycles. The molecule has 0 amide bonds. The fourth-order valence-electron chi connectivity index (χ4n) is 5.58. The van der Waals surface area contributed by atoms with E-state index in [-0.39, 0.29) is 37.6 Å². The standard InChI is InChI=1S/C30H42N6O3/c1-19-10-25(34-28(13-19)31-4-7-37)22-16-23(26-11-20(2)14-29(35-26)32-5-8-38)18-24(17-22)27-12-21(3)15-30(36-27)33-6-9-39/h10-15,22-24,37-39H,4-9,16-18H2,1-3H3,(H,31,34)(H,32,35)(H,33,36). The van der Waals surface area contributed by atoms with Crippen molar-refractivity contribution >= 4 is 17.5 Å². The molecule has 0 radical (unpaired) electrons. The molecule has 0 aliphatic heterocycles. The molecule has 9 nitrogen and oxygen atoms in total. The van der Waals surface area contributed by atoms with Crippen LogP contribution in [0.5, 0.6) is 0 Å². The maximum atomic E-state index is 9.29. The number of hydrogen-bond donors (Lipinski definition) is 6. The minimum absolute atomic E-state index is 0.0515. The van der Waals surface area contributed by atoms with Crippen molar-refractivity contribution in [3.8, 4) is 0 Å². The van der Waals surface area contributed by atoms with Crippen molar-refractivity contribution in [3.05, 3.63) is 70.2 Å². The van der Waals surface area contributed by atoms with Crippen molar-refractivity contribution in [2.24, 2.45) is 0 Å². The maximum Gasteiger partial charge on any atom is 0.126 e. The van der Waals surface area contributed by atoms with Crippen LogP contribution in [0.15, 0.2) is 36.4 Å². The Labute approximate surface area is 231 Å². The highest BCUT2D eigenvalue weighted by molar-refractivity contribution is 5.43. The highest BCUT2D eigenvalue weighted by Gasteiger charge is 2.34. The van der Waals surface area contributed by atoms with Crippen LogP contribution >= 0.6 is 0 Å². The Hall–Kier alpha value is -3.27. The van der Waals surface area contributed by atoms with Crippen LogP contribution in [0.1, 0.15) is 70.8 Å². The Morgan fingerprint density at radius 1 is 0.538 bits per heavy atom. The second-order valence-electron chi connectivity index (χ2n) is 10.6. The van der Waals surface area contributed by atoms with E-state index in [0.29, 0.717) is 19.6 Å². The molecule has 0 bridgehead atoms. The maximum absolute atomic E-state index is 9.29. The molecule has 210 valence electrons. The van der Waals surface area contributed by atoms with E-state index in [1.165, 1.54) is 0 Å². The number of aryl methyl sites for hydroxylation is 3. The molecular weight excluding hydrogens is 492 g/mol. The van der Waals surface area contributed by atoms with E-state index in [1.54, 1.807) is 0 Å². The van der Waals surface area contributed by atoms with Gasteiger partial charge >= 0.3 is 0 Å². The molecular formula is C30H42N6O3. The van der Waals surface area contributed by atoms with E-state index in [1.807, 2.05) is 18.2 Å². The zero-order valence-electron chi connectivity index (χ0n) is 23.2. The molecule has 0 unspecified atom stereocenters. The molecule has 3 heterocycles. The van der Waals surface area contributed by atoms with Crippen LogP contribution in [-0.2, 0) is 0 Å². The first-order valence-corrected chi connectivity index (χ1v) is 13.9. The van der Waals surface area contributed by atoms with E-state index in [9.17, 15) is 15.3 Å². The molecule has 39 heavy (non-hydrogen) atoms. The molecule has 9 heteroatoms. The Morgan fingerprint density at radius 2 is 0.821 bits per heavy atom. The Morgan fingerprint density at radius 3 is 1.08 bits per heavy atom. The predicted octanol–water partition coefficient (Wildman–Crippen LogP) is 3.84. The van der Waals surface area contributed by atoms with Crippen molar-refractivity contribution < 1.29 is 15.3 Å². The van der Waals surface area contributed by atoms with E-state index < -0.39 is 0 Å². The molecule has 0 saturated heterocycles. The zero-order valence-corrected chi connectivity index (χ0v) is 23.2. The number of pyridine rings is 3. The monoisotopic (exact) mass is 534 g/mol. The minimum Gasteiger partial charge on any atom is -0.395 e. The molecule has 0 atom stereocenters. The lowest BCUT2D eigenvalue weighted by Crippen LogP contribution is -2.23. The van der Waals surface area contributed by atoms with Gasteiger partial charge in [0.25, 0.3) is 0 Å². The number of anilines is 3. The number of aromatic nitrogens is 3. The summed E-state index contributed by atoms with van der Waals surface area (Å²) in [5, 5.41) is 37.6. The Kier molecular flexibility index (Phi) is 10.1. The number of aliphatic hydroxyl groups excluding tert-OH is 3. The summed E-state index contributed by atoms with van der Waals surface area (Å²) in [6.07, 6.45) is 2.76. The predicted molar refractivity (Wildman–Crippen MR) is 156 cm³/mol. The molecule has 3 aromatic rings. The number of nitrogens with zero attached hydrogens (tertiary/aromatic N) is 3. The van der Waals surface area contributed by atoms with Gasteiger partial charge in [-0.15, -0.1) is 0 Å². The zero-order chi connectivity index (χ0) is 27.8. The van der Waals surface area contributed by atoms with Crippen molar-refractivity contribution in [3.63, 3.8) is 0 Å². The largest absolute Gasteiger partial charge is 0.395 e. The molecule has 6 N–H and O–H groups in total. The fraction of sp³-hybridized carbons (Fsp3) is 0.500. The van der Waals surface area contributed by atoms with Crippen LogP contribution in [0.2, 0.25) is 0 Å². The third-order valence-electron chi connectivity index (χ3n) is 7.18. The smallest absolute Gasteiger partial charge is 0.126 e. The number of hydrogen-bond acceptors (Lipinski definition) is 9. The van der Waals surface area contributed by atoms with Gasteiger partial charge in [-0.25, -0.2) is 15.0 Å². The molecule has 0 spiro atoms. The summed E-state index contributed by atoms with van der Waals surface area (Å²) in [5.41, 5.74) is 6.53. The second-order valence-corrected chi connectivity index (χ2v) is 10.6. The van der Waals surface area contributed by atoms with E-state index in [4.69, 9.17) is 15.0 Å². The highest BCUT2D eigenvalue weighted by atomic mass is 16.3. The normalized spacial score (nSPS) is 19.1. The first kappa shape index (κ1) is 28.7. The van der Waals surface area contributed by atoms with Crippen molar-refractivity contribution in [2.45, 2.75) is 57.8 Å². The summed E-state index contributed by atoms with van der Waals surface area (Å²) < 4.78 is 0. The van der Waals surface area contributed by atoms with Crippen LogP contribution in [0, 0.1) is 20.8 Å². The summed E-state index contributed by atoms with van der Waals surface area (Å²) in [7, 11) is 0. The van der Waals surface area contributed by atoms with Gasteiger partial charge in [0.05, 0.1) is 19.8 Å². The van der Waals surface area contributed by atoms with Crippen LogP contribution in [-0.4, -0.2) is 69.7 Å². The number of rotatable bonds is 12. The number of aliphatic hydroxyl groups is 3. The van der Waals surface area contributed by atoms with Gasteiger partial charge in [-0.1, -0.05) is 0 Å². The van der Waals surface area contributed by atoms with E-state index >= 15 is 0 Å².